The Kier molecular flexibility index (Phi) is 2.57. The zero-order chi connectivity index (χ0) is 10.1. The lowest BCUT2D eigenvalue weighted by Crippen LogP contribution is -1.91. The molecule has 2 nitrogen and oxygen atoms in total. The highest BCUT2D eigenvalue weighted by Gasteiger charge is 2.07. The fourth-order valence-corrected chi connectivity index (χ4v) is 1.99. The first-order valence-electron chi connectivity index (χ1n) is 4.33. The van der Waals surface area contributed by atoms with Crippen molar-refractivity contribution in [3.63, 3.8) is 0 Å². The Labute approximate surface area is 91.9 Å². The second-order valence-electron chi connectivity index (χ2n) is 2.95. The Balaban J connectivity index is 2.87. The minimum atomic E-state index is 0.191. The van der Waals surface area contributed by atoms with Crippen LogP contribution in [0.3, 0.4) is 0 Å². The molecular formula is C10H8Cl2N2. The van der Waals surface area contributed by atoms with Crippen LogP contribution in [0.5, 0.6) is 0 Å². The van der Waals surface area contributed by atoms with Gasteiger partial charge < -0.3 is 0 Å². The van der Waals surface area contributed by atoms with Crippen molar-refractivity contribution in [1.82, 2.24) is 9.97 Å². The normalized spacial score (nSPS) is 10.8. The molecule has 0 aliphatic carbocycles. The van der Waals surface area contributed by atoms with Crippen LogP contribution < -0.4 is 0 Å². The lowest BCUT2D eigenvalue weighted by atomic mass is 10.1. The molecule has 0 radical (unpaired) electrons. The fourth-order valence-electron chi connectivity index (χ4n) is 1.47. The molecule has 0 unspecified atom stereocenters. The summed E-state index contributed by atoms with van der Waals surface area (Å²) in [6.45, 7) is 2.07. The summed E-state index contributed by atoms with van der Waals surface area (Å²) < 4.78 is 0. The SMILES string of the molecule is CCc1cccc2nc(Cl)nc(Cl)c12. The highest BCUT2D eigenvalue weighted by molar-refractivity contribution is 6.36. The van der Waals surface area contributed by atoms with Gasteiger partial charge in [0.2, 0.25) is 5.28 Å². The monoisotopic (exact) mass is 226 g/mol. The minimum absolute atomic E-state index is 0.191. The largest absolute Gasteiger partial charge is 0.224 e. The summed E-state index contributed by atoms with van der Waals surface area (Å²) in [6, 6.07) is 5.85. The molecule has 14 heavy (non-hydrogen) atoms. The summed E-state index contributed by atoms with van der Waals surface area (Å²) in [4.78, 5) is 8.05. The average molecular weight is 227 g/mol. The summed E-state index contributed by atoms with van der Waals surface area (Å²) in [5, 5.41) is 1.52. The van der Waals surface area contributed by atoms with Crippen molar-refractivity contribution >= 4 is 34.1 Å². The lowest BCUT2D eigenvalue weighted by molar-refractivity contribution is 1.14. The third kappa shape index (κ3) is 1.56. The highest BCUT2D eigenvalue weighted by atomic mass is 35.5. The Bertz CT molecular complexity index is 483. The predicted molar refractivity (Wildman–Crippen MR) is 58.9 cm³/mol. The van der Waals surface area contributed by atoms with Crippen LogP contribution in [-0.4, -0.2) is 9.97 Å². The second-order valence-corrected chi connectivity index (χ2v) is 3.64. The van der Waals surface area contributed by atoms with Gasteiger partial charge in [0.15, 0.2) is 0 Å². The molecule has 0 fully saturated rings. The molecule has 2 rings (SSSR count). The average Bonchev–Trinajstić information content (AvgIpc) is 2.16. The van der Waals surface area contributed by atoms with Gasteiger partial charge in [-0.2, -0.15) is 0 Å². The third-order valence-corrected chi connectivity index (χ3v) is 2.56. The van der Waals surface area contributed by atoms with E-state index >= 15 is 0 Å². The molecule has 2 aromatic rings. The van der Waals surface area contributed by atoms with E-state index in [9.17, 15) is 0 Å². The zero-order valence-electron chi connectivity index (χ0n) is 7.59. The van der Waals surface area contributed by atoms with Gasteiger partial charge in [-0.1, -0.05) is 30.7 Å². The number of fused-ring (bicyclic) bond motifs is 1. The molecule has 0 saturated heterocycles. The van der Waals surface area contributed by atoms with Crippen molar-refractivity contribution in [3.8, 4) is 0 Å². The quantitative estimate of drug-likeness (QED) is 0.550. The van der Waals surface area contributed by atoms with Gasteiger partial charge in [0.05, 0.1) is 5.52 Å². The van der Waals surface area contributed by atoms with E-state index in [0.29, 0.717) is 5.15 Å². The fraction of sp³-hybridized carbons (Fsp3) is 0.200. The van der Waals surface area contributed by atoms with Gasteiger partial charge in [-0.3, -0.25) is 0 Å². The Hall–Kier alpha value is -0.860. The molecular weight excluding hydrogens is 219 g/mol. The van der Waals surface area contributed by atoms with Gasteiger partial charge >= 0.3 is 0 Å². The second kappa shape index (κ2) is 3.71. The van der Waals surface area contributed by atoms with E-state index in [-0.39, 0.29) is 5.28 Å². The Morgan fingerprint density at radius 3 is 2.71 bits per heavy atom. The maximum absolute atomic E-state index is 6.01. The van der Waals surface area contributed by atoms with Gasteiger partial charge in [-0.25, -0.2) is 9.97 Å². The zero-order valence-corrected chi connectivity index (χ0v) is 9.10. The van der Waals surface area contributed by atoms with Crippen molar-refractivity contribution in [2.24, 2.45) is 0 Å². The van der Waals surface area contributed by atoms with E-state index in [1.807, 2.05) is 18.2 Å². The van der Waals surface area contributed by atoms with Gasteiger partial charge in [0.1, 0.15) is 5.15 Å². The first-order valence-corrected chi connectivity index (χ1v) is 5.08. The maximum Gasteiger partial charge on any atom is 0.224 e. The minimum Gasteiger partial charge on any atom is -0.218 e. The van der Waals surface area contributed by atoms with Gasteiger partial charge in [-0.05, 0) is 29.7 Å². The molecule has 1 aromatic heterocycles. The number of benzene rings is 1. The van der Waals surface area contributed by atoms with Gasteiger partial charge in [-0.15, -0.1) is 0 Å². The first kappa shape index (κ1) is 9.69. The molecule has 4 heteroatoms. The molecule has 0 amide bonds. The van der Waals surface area contributed by atoms with Crippen molar-refractivity contribution in [3.05, 3.63) is 34.2 Å². The summed E-state index contributed by atoms with van der Waals surface area (Å²) in [5.41, 5.74) is 1.94. The van der Waals surface area contributed by atoms with Gasteiger partial charge in [0.25, 0.3) is 0 Å². The van der Waals surface area contributed by atoms with Crippen LogP contribution in [0.25, 0.3) is 10.9 Å². The number of hydrogen-bond acceptors (Lipinski definition) is 2. The van der Waals surface area contributed by atoms with Crippen molar-refractivity contribution < 1.29 is 0 Å². The van der Waals surface area contributed by atoms with E-state index in [2.05, 4.69) is 16.9 Å². The number of aryl methyl sites for hydroxylation is 1. The van der Waals surface area contributed by atoms with E-state index in [0.717, 1.165) is 22.9 Å². The summed E-state index contributed by atoms with van der Waals surface area (Å²) in [7, 11) is 0. The highest BCUT2D eigenvalue weighted by Crippen LogP contribution is 2.25. The van der Waals surface area contributed by atoms with E-state index in [1.165, 1.54) is 0 Å². The molecule has 1 aromatic carbocycles. The van der Waals surface area contributed by atoms with Crippen LogP contribution in [0, 0.1) is 0 Å². The molecule has 0 N–H and O–H groups in total. The number of hydrogen-bond donors (Lipinski definition) is 0. The van der Waals surface area contributed by atoms with E-state index < -0.39 is 0 Å². The smallest absolute Gasteiger partial charge is 0.218 e. The topological polar surface area (TPSA) is 25.8 Å². The summed E-state index contributed by atoms with van der Waals surface area (Å²) in [6.07, 6.45) is 0.905. The van der Waals surface area contributed by atoms with Crippen LogP contribution in [0.4, 0.5) is 0 Å². The van der Waals surface area contributed by atoms with Crippen LogP contribution >= 0.6 is 23.2 Å². The lowest BCUT2D eigenvalue weighted by Gasteiger charge is -2.04. The molecule has 0 aliphatic rings. The Morgan fingerprint density at radius 2 is 2.00 bits per heavy atom. The molecule has 0 saturated carbocycles. The van der Waals surface area contributed by atoms with Crippen molar-refractivity contribution in [2.75, 3.05) is 0 Å². The molecule has 72 valence electrons. The molecule has 0 spiro atoms. The number of halogens is 2. The van der Waals surface area contributed by atoms with Crippen LogP contribution in [0.1, 0.15) is 12.5 Å². The van der Waals surface area contributed by atoms with E-state index in [4.69, 9.17) is 23.2 Å². The number of nitrogens with zero attached hydrogens (tertiary/aromatic N) is 2. The molecule has 0 aliphatic heterocycles. The summed E-state index contributed by atoms with van der Waals surface area (Å²) in [5.74, 6) is 0. The van der Waals surface area contributed by atoms with Crippen LogP contribution in [0.2, 0.25) is 10.4 Å². The number of aromatic nitrogens is 2. The predicted octanol–water partition coefficient (Wildman–Crippen LogP) is 3.50. The van der Waals surface area contributed by atoms with Crippen molar-refractivity contribution in [2.45, 2.75) is 13.3 Å². The molecule has 0 atom stereocenters. The van der Waals surface area contributed by atoms with Crippen LogP contribution in [-0.2, 0) is 6.42 Å². The summed E-state index contributed by atoms with van der Waals surface area (Å²) >= 11 is 11.7. The molecule has 1 heterocycles. The Morgan fingerprint density at radius 1 is 1.21 bits per heavy atom. The van der Waals surface area contributed by atoms with E-state index in [1.54, 1.807) is 0 Å². The number of rotatable bonds is 1. The molecule has 0 bridgehead atoms. The standard InChI is InChI=1S/C10H8Cl2N2/c1-2-6-4-3-5-7-8(6)9(11)14-10(12)13-7/h3-5H,2H2,1H3. The first-order chi connectivity index (χ1) is 6.72. The third-order valence-electron chi connectivity index (χ3n) is 2.12. The maximum atomic E-state index is 6.01. The van der Waals surface area contributed by atoms with Gasteiger partial charge in [0, 0.05) is 5.39 Å². The van der Waals surface area contributed by atoms with Crippen molar-refractivity contribution in [1.29, 1.82) is 0 Å². The van der Waals surface area contributed by atoms with Crippen LogP contribution in [0.15, 0.2) is 18.2 Å².